The summed E-state index contributed by atoms with van der Waals surface area (Å²) >= 11 is 0. The molecule has 1 N–H and O–H groups in total. The Hall–Kier alpha value is -2.34. The molecule has 1 amide bonds. The second kappa shape index (κ2) is 6.65. The first kappa shape index (κ1) is 16.5. The zero-order chi connectivity index (χ0) is 17.2. The van der Waals surface area contributed by atoms with Crippen molar-refractivity contribution in [3.63, 3.8) is 0 Å². The summed E-state index contributed by atoms with van der Waals surface area (Å²) in [6, 6.07) is 12.6. The predicted octanol–water partition coefficient (Wildman–Crippen LogP) is 3.70. The van der Waals surface area contributed by atoms with Gasteiger partial charge < -0.3 is 5.32 Å². The molecule has 24 heavy (non-hydrogen) atoms. The fraction of sp³-hybridized carbons (Fsp3) is 0.278. The first-order chi connectivity index (χ1) is 11.4. The zero-order valence-corrected chi connectivity index (χ0v) is 12.9. The van der Waals surface area contributed by atoms with E-state index in [0.29, 0.717) is 12.2 Å². The van der Waals surface area contributed by atoms with Gasteiger partial charge in [-0.25, -0.2) is 0 Å². The topological polar surface area (TPSA) is 32.3 Å². The molecule has 0 bridgehead atoms. The van der Waals surface area contributed by atoms with Crippen LogP contribution in [0, 0.1) is 0 Å². The van der Waals surface area contributed by atoms with Gasteiger partial charge in [0.2, 0.25) is 5.91 Å². The molecule has 0 radical (unpaired) electrons. The second-order valence-corrected chi connectivity index (χ2v) is 5.85. The van der Waals surface area contributed by atoms with E-state index >= 15 is 0 Å². The third-order valence-electron chi connectivity index (χ3n) is 4.07. The van der Waals surface area contributed by atoms with Crippen LogP contribution in [0.4, 0.5) is 18.9 Å². The lowest BCUT2D eigenvalue weighted by Gasteiger charge is -2.28. The number of rotatable bonds is 3. The van der Waals surface area contributed by atoms with Crippen LogP contribution in [0.3, 0.4) is 0 Å². The fourth-order valence-corrected chi connectivity index (χ4v) is 2.84. The molecule has 0 aromatic heterocycles. The quantitative estimate of drug-likeness (QED) is 0.928. The molecule has 0 saturated heterocycles. The molecule has 0 aliphatic carbocycles. The third kappa shape index (κ3) is 3.94. The first-order valence-corrected chi connectivity index (χ1v) is 7.68. The molecular formula is C18H17F3N2O. The van der Waals surface area contributed by atoms with Crippen molar-refractivity contribution in [2.75, 3.05) is 18.4 Å². The number of nitrogens with one attached hydrogen (secondary N) is 1. The summed E-state index contributed by atoms with van der Waals surface area (Å²) in [6.45, 7) is 1.71. The molecular weight excluding hydrogens is 317 g/mol. The van der Waals surface area contributed by atoms with E-state index in [1.54, 1.807) is 0 Å². The van der Waals surface area contributed by atoms with Gasteiger partial charge in [0.25, 0.3) is 0 Å². The van der Waals surface area contributed by atoms with Crippen LogP contribution in [0.2, 0.25) is 0 Å². The van der Waals surface area contributed by atoms with Crippen molar-refractivity contribution < 1.29 is 18.0 Å². The molecule has 3 rings (SSSR count). The second-order valence-electron chi connectivity index (χ2n) is 5.85. The van der Waals surface area contributed by atoms with Crippen molar-refractivity contribution >= 4 is 11.6 Å². The minimum Gasteiger partial charge on any atom is -0.325 e. The summed E-state index contributed by atoms with van der Waals surface area (Å²) in [4.78, 5) is 14.1. The van der Waals surface area contributed by atoms with E-state index in [9.17, 15) is 18.0 Å². The highest BCUT2D eigenvalue weighted by molar-refractivity contribution is 5.92. The molecule has 6 heteroatoms. The maximum Gasteiger partial charge on any atom is 0.416 e. The normalized spacial score (nSPS) is 15.0. The summed E-state index contributed by atoms with van der Waals surface area (Å²) in [6.07, 6.45) is -3.48. The average molecular weight is 334 g/mol. The standard InChI is InChI=1S/C18H17F3N2O/c19-18(20,21)15-5-7-16(8-6-15)22-17(24)12-23-10-9-13-3-1-2-4-14(13)11-23/h1-8H,9-12H2,(H,22,24). The van der Waals surface area contributed by atoms with Crippen LogP contribution in [0.5, 0.6) is 0 Å². The maximum absolute atomic E-state index is 12.5. The maximum atomic E-state index is 12.5. The minimum atomic E-state index is -4.37. The highest BCUT2D eigenvalue weighted by Crippen LogP contribution is 2.29. The van der Waals surface area contributed by atoms with Gasteiger partial charge in [-0.15, -0.1) is 0 Å². The van der Waals surface area contributed by atoms with Crippen molar-refractivity contribution in [3.05, 3.63) is 65.2 Å². The Morgan fingerprint density at radius 3 is 2.38 bits per heavy atom. The molecule has 2 aromatic rings. The molecule has 1 heterocycles. The summed E-state index contributed by atoms with van der Waals surface area (Å²) in [5, 5.41) is 2.64. The van der Waals surface area contributed by atoms with Gasteiger partial charge in [0, 0.05) is 18.8 Å². The lowest BCUT2D eigenvalue weighted by Crippen LogP contribution is -2.37. The Morgan fingerprint density at radius 1 is 1.04 bits per heavy atom. The number of benzene rings is 2. The molecule has 0 unspecified atom stereocenters. The van der Waals surface area contributed by atoms with Crippen LogP contribution in [0.15, 0.2) is 48.5 Å². The van der Waals surface area contributed by atoms with E-state index in [2.05, 4.69) is 17.4 Å². The van der Waals surface area contributed by atoms with Gasteiger partial charge in [0.05, 0.1) is 12.1 Å². The highest BCUT2D eigenvalue weighted by Gasteiger charge is 2.30. The Balaban J connectivity index is 1.57. The molecule has 0 spiro atoms. The third-order valence-corrected chi connectivity index (χ3v) is 4.07. The van der Waals surface area contributed by atoms with E-state index < -0.39 is 11.7 Å². The van der Waals surface area contributed by atoms with E-state index in [4.69, 9.17) is 0 Å². The van der Waals surface area contributed by atoms with Crippen molar-refractivity contribution in [2.45, 2.75) is 19.1 Å². The number of hydrogen-bond acceptors (Lipinski definition) is 2. The largest absolute Gasteiger partial charge is 0.416 e. The smallest absolute Gasteiger partial charge is 0.325 e. The van der Waals surface area contributed by atoms with Gasteiger partial charge >= 0.3 is 6.18 Å². The zero-order valence-electron chi connectivity index (χ0n) is 12.9. The van der Waals surface area contributed by atoms with Gasteiger partial charge in [0.15, 0.2) is 0 Å². The van der Waals surface area contributed by atoms with Crippen LogP contribution in [0.25, 0.3) is 0 Å². The predicted molar refractivity (Wildman–Crippen MR) is 85.5 cm³/mol. The lowest BCUT2D eigenvalue weighted by molar-refractivity contribution is -0.137. The van der Waals surface area contributed by atoms with E-state index in [1.165, 1.54) is 23.3 Å². The van der Waals surface area contributed by atoms with Crippen molar-refractivity contribution in [1.82, 2.24) is 4.90 Å². The van der Waals surface area contributed by atoms with Crippen molar-refractivity contribution in [2.24, 2.45) is 0 Å². The molecule has 0 saturated carbocycles. The number of halogens is 3. The molecule has 0 fully saturated rings. The van der Waals surface area contributed by atoms with E-state index in [-0.39, 0.29) is 12.5 Å². The van der Waals surface area contributed by atoms with Gasteiger partial charge in [-0.05, 0) is 41.8 Å². The summed E-state index contributed by atoms with van der Waals surface area (Å²) < 4.78 is 37.6. The summed E-state index contributed by atoms with van der Waals surface area (Å²) in [5.74, 6) is -0.228. The molecule has 2 aromatic carbocycles. The average Bonchev–Trinajstić information content (AvgIpc) is 2.54. The molecule has 1 aliphatic rings. The molecule has 1 aliphatic heterocycles. The van der Waals surface area contributed by atoms with Gasteiger partial charge in [0.1, 0.15) is 0 Å². The van der Waals surface area contributed by atoms with Crippen LogP contribution >= 0.6 is 0 Å². The van der Waals surface area contributed by atoms with E-state index in [0.717, 1.165) is 25.1 Å². The molecule has 0 atom stereocenters. The highest BCUT2D eigenvalue weighted by atomic mass is 19.4. The number of hydrogen-bond donors (Lipinski definition) is 1. The van der Waals surface area contributed by atoms with Crippen molar-refractivity contribution in [1.29, 1.82) is 0 Å². The summed E-state index contributed by atoms with van der Waals surface area (Å²) in [7, 11) is 0. The molecule has 126 valence electrons. The number of amides is 1. The van der Waals surface area contributed by atoms with Gasteiger partial charge in [-0.3, -0.25) is 9.69 Å². The Bertz CT molecular complexity index is 726. The number of fused-ring (bicyclic) bond motifs is 1. The van der Waals surface area contributed by atoms with Gasteiger partial charge in [-0.2, -0.15) is 13.2 Å². The van der Waals surface area contributed by atoms with Crippen LogP contribution in [-0.4, -0.2) is 23.9 Å². The molecule has 3 nitrogen and oxygen atoms in total. The number of carbonyl (C=O) groups excluding carboxylic acids is 1. The summed E-state index contributed by atoms with van der Waals surface area (Å²) in [5.41, 5.74) is 2.15. The Kier molecular flexibility index (Phi) is 4.57. The van der Waals surface area contributed by atoms with E-state index in [1.807, 2.05) is 17.0 Å². The van der Waals surface area contributed by atoms with Crippen LogP contribution in [-0.2, 0) is 23.9 Å². The number of alkyl halides is 3. The fourth-order valence-electron chi connectivity index (χ4n) is 2.84. The Labute approximate surface area is 138 Å². The van der Waals surface area contributed by atoms with Crippen LogP contribution < -0.4 is 5.32 Å². The number of nitrogens with zero attached hydrogens (tertiary/aromatic N) is 1. The SMILES string of the molecule is O=C(CN1CCc2ccccc2C1)Nc1ccc(C(F)(F)F)cc1. The number of anilines is 1. The number of carbonyl (C=O) groups is 1. The Morgan fingerprint density at radius 2 is 1.71 bits per heavy atom. The minimum absolute atomic E-state index is 0.218. The van der Waals surface area contributed by atoms with Crippen LogP contribution in [0.1, 0.15) is 16.7 Å². The monoisotopic (exact) mass is 334 g/mol. The van der Waals surface area contributed by atoms with Gasteiger partial charge in [-0.1, -0.05) is 24.3 Å². The van der Waals surface area contributed by atoms with Crippen molar-refractivity contribution in [3.8, 4) is 0 Å². The first-order valence-electron chi connectivity index (χ1n) is 7.68. The lowest BCUT2D eigenvalue weighted by atomic mass is 10.00.